The van der Waals surface area contributed by atoms with Crippen molar-refractivity contribution in [1.29, 1.82) is 0 Å². The van der Waals surface area contributed by atoms with Gasteiger partial charge in [0.2, 0.25) is 0 Å². The van der Waals surface area contributed by atoms with E-state index in [1.165, 1.54) is 6.07 Å². The molecule has 0 amide bonds. The first-order valence-electron chi connectivity index (χ1n) is 8.54. The zero-order valence-electron chi connectivity index (χ0n) is 14.6. The predicted molar refractivity (Wildman–Crippen MR) is 107 cm³/mol. The molecule has 3 aromatic carbocycles. The first kappa shape index (κ1) is 18.4. The highest BCUT2D eigenvalue weighted by Crippen LogP contribution is 2.35. The Hall–Kier alpha value is -2.96. The molecule has 0 fully saturated rings. The Morgan fingerprint density at radius 3 is 2.39 bits per heavy atom. The molecule has 0 saturated heterocycles. The first-order valence-corrected chi connectivity index (χ1v) is 9.33. The molecule has 4 aromatic rings. The highest BCUT2D eigenvalue weighted by molar-refractivity contribution is 9.10. The van der Waals surface area contributed by atoms with Gasteiger partial charge in [-0.25, -0.2) is 4.39 Å². The summed E-state index contributed by atoms with van der Waals surface area (Å²) in [6.45, 7) is -0.331. The lowest BCUT2D eigenvalue weighted by Gasteiger charge is -2.06. The topological polar surface area (TPSA) is 55.5 Å². The molecule has 0 aliphatic heterocycles. The van der Waals surface area contributed by atoms with Crippen LogP contribution in [0.2, 0.25) is 0 Å². The smallest absolute Gasteiger partial charge is 0.175 e. The summed E-state index contributed by atoms with van der Waals surface area (Å²) >= 11 is 3.32. The van der Waals surface area contributed by atoms with Gasteiger partial charge in [-0.2, -0.15) is 0 Å². The van der Waals surface area contributed by atoms with Gasteiger partial charge in [-0.1, -0.05) is 39.3 Å². The van der Waals surface area contributed by atoms with Gasteiger partial charge < -0.3 is 14.4 Å². The predicted octanol–water partition coefficient (Wildman–Crippen LogP) is 6.19. The molecule has 4 nitrogen and oxygen atoms in total. The zero-order chi connectivity index (χ0) is 19.5. The van der Waals surface area contributed by atoms with Crippen molar-refractivity contribution < 1.29 is 18.8 Å². The summed E-state index contributed by atoms with van der Waals surface area (Å²) < 4.78 is 26.1. The SMILES string of the molecule is OCc1c(-c2ccc(Oc3ccccc3)cc2)noc1-c1cc(Br)ccc1F. The van der Waals surface area contributed by atoms with Gasteiger partial charge in [-0.3, -0.25) is 0 Å². The molecule has 6 heteroatoms. The second kappa shape index (κ2) is 7.96. The van der Waals surface area contributed by atoms with Gasteiger partial charge in [-0.15, -0.1) is 0 Å². The maximum Gasteiger partial charge on any atom is 0.175 e. The molecule has 0 atom stereocenters. The van der Waals surface area contributed by atoms with Crippen LogP contribution in [0.3, 0.4) is 0 Å². The van der Waals surface area contributed by atoms with E-state index in [1.54, 1.807) is 24.3 Å². The van der Waals surface area contributed by atoms with Gasteiger partial charge in [0.05, 0.1) is 17.7 Å². The van der Waals surface area contributed by atoms with E-state index in [2.05, 4.69) is 21.1 Å². The minimum absolute atomic E-state index is 0.209. The molecule has 4 rings (SSSR count). The number of aromatic nitrogens is 1. The molecule has 1 heterocycles. The Morgan fingerprint density at radius 1 is 0.964 bits per heavy atom. The number of hydrogen-bond acceptors (Lipinski definition) is 4. The second-order valence-electron chi connectivity index (χ2n) is 6.06. The zero-order valence-corrected chi connectivity index (χ0v) is 16.2. The fraction of sp³-hybridized carbons (Fsp3) is 0.0455. The quantitative estimate of drug-likeness (QED) is 0.402. The van der Waals surface area contributed by atoms with Crippen LogP contribution < -0.4 is 4.74 Å². The van der Waals surface area contributed by atoms with Crippen molar-refractivity contribution >= 4 is 15.9 Å². The summed E-state index contributed by atoms with van der Waals surface area (Å²) in [5.41, 5.74) is 1.85. The third-order valence-corrected chi connectivity index (χ3v) is 4.72. The minimum atomic E-state index is -0.452. The Morgan fingerprint density at radius 2 is 1.68 bits per heavy atom. The first-order chi connectivity index (χ1) is 13.7. The number of rotatable bonds is 5. The molecule has 0 radical (unpaired) electrons. The Kier molecular flexibility index (Phi) is 5.23. The molecular formula is C22H15BrFNO3. The third-order valence-electron chi connectivity index (χ3n) is 4.23. The van der Waals surface area contributed by atoms with Crippen LogP contribution in [-0.4, -0.2) is 10.3 Å². The van der Waals surface area contributed by atoms with Crippen LogP contribution in [0.15, 0.2) is 81.8 Å². The summed E-state index contributed by atoms with van der Waals surface area (Å²) in [4.78, 5) is 0. The molecule has 0 bridgehead atoms. The van der Waals surface area contributed by atoms with E-state index in [9.17, 15) is 9.50 Å². The van der Waals surface area contributed by atoms with E-state index in [-0.39, 0.29) is 17.9 Å². The summed E-state index contributed by atoms with van der Waals surface area (Å²) in [6.07, 6.45) is 0. The molecule has 0 aliphatic rings. The Balaban J connectivity index is 1.66. The van der Waals surface area contributed by atoms with Crippen LogP contribution in [0.1, 0.15) is 5.56 Å². The molecule has 140 valence electrons. The minimum Gasteiger partial charge on any atom is -0.457 e. The highest BCUT2D eigenvalue weighted by atomic mass is 79.9. The fourth-order valence-corrected chi connectivity index (χ4v) is 3.23. The summed E-state index contributed by atoms with van der Waals surface area (Å²) in [5, 5.41) is 13.9. The average molecular weight is 440 g/mol. The van der Waals surface area contributed by atoms with Crippen LogP contribution in [0.25, 0.3) is 22.6 Å². The number of hydrogen-bond donors (Lipinski definition) is 1. The molecular weight excluding hydrogens is 425 g/mol. The Labute approximate surface area is 169 Å². The van der Waals surface area contributed by atoms with E-state index >= 15 is 0 Å². The van der Waals surface area contributed by atoms with Crippen molar-refractivity contribution in [2.75, 3.05) is 0 Å². The third kappa shape index (κ3) is 3.69. The van der Waals surface area contributed by atoms with Crippen molar-refractivity contribution in [1.82, 2.24) is 5.16 Å². The normalized spacial score (nSPS) is 10.8. The van der Waals surface area contributed by atoms with Gasteiger partial charge in [0.25, 0.3) is 0 Å². The molecule has 1 aromatic heterocycles. The second-order valence-corrected chi connectivity index (χ2v) is 6.98. The van der Waals surface area contributed by atoms with Crippen LogP contribution in [-0.2, 0) is 6.61 Å². The molecule has 28 heavy (non-hydrogen) atoms. The lowest BCUT2D eigenvalue weighted by molar-refractivity contribution is 0.281. The molecule has 0 unspecified atom stereocenters. The van der Waals surface area contributed by atoms with Crippen molar-refractivity contribution in [3.8, 4) is 34.1 Å². The number of aliphatic hydroxyl groups is 1. The summed E-state index contributed by atoms with van der Waals surface area (Å²) in [7, 11) is 0. The van der Waals surface area contributed by atoms with E-state index in [1.807, 2.05) is 42.5 Å². The number of benzene rings is 3. The number of aliphatic hydroxyl groups excluding tert-OH is 1. The van der Waals surface area contributed by atoms with Crippen LogP contribution in [0, 0.1) is 5.82 Å². The largest absolute Gasteiger partial charge is 0.457 e. The molecule has 1 N–H and O–H groups in total. The van der Waals surface area contributed by atoms with E-state index in [0.717, 1.165) is 11.3 Å². The molecule has 0 spiro atoms. The number of nitrogens with zero attached hydrogens (tertiary/aromatic N) is 1. The van der Waals surface area contributed by atoms with Crippen molar-refractivity contribution in [2.45, 2.75) is 6.61 Å². The van der Waals surface area contributed by atoms with Gasteiger partial charge in [0, 0.05) is 10.0 Å². The molecule has 0 saturated carbocycles. The van der Waals surface area contributed by atoms with Gasteiger partial charge >= 0.3 is 0 Å². The lowest BCUT2D eigenvalue weighted by atomic mass is 10.0. The monoisotopic (exact) mass is 439 g/mol. The van der Waals surface area contributed by atoms with E-state index < -0.39 is 5.82 Å². The van der Waals surface area contributed by atoms with Crippen LogP contribution in [0.5, 0.6) is 11.5 Å². The van der Waals surface area contributed by atoms with Crippen LogP contribution in [0.4, 0.5) is 4.39 Å². The van der Waals surface area contributed by atoms with Crippen molar-refractivity contribution in [2.24, 2.45) is 0 Å². The highest BCUT2D eigenvalue weighted by Gasteiger charge is 2.21. The van der Waals surface area contributed by atoms with E-state index in [0.29, 0.717) is 21.5 Å². The fourth-order valence-electron chi connectivity index (χ4n) is 2.87. The van der Waals surface area contributed by atoms with Gasteiger partial charge in [-0.05, 0) is 54.6 Å². The maximum atomic E-state index is 14.2. The maximum absolute atomic E-state index is 14.2. The average Bonchev–Trinajstić information content (AvgIpc) is 3.15. The standard InChI is InChI=1S/C22H15BrFNO3/c23-15-8-11-20(24)18(12-15)22-19(13-26)21(25-28-22)14-6-9-17(10-7-14)27-16-4-2-1-3-5-16/h1-12,26H,13H2. The molecule has 0 aliphatic carbocycles. The van der Waals surface area contributed by atoms with E-state index in [4.69, 9.17) is 9.26 Å². The summed E-state index contributed by atoms with van der Waals surface area (Å²) in [6, 6.07) is 21.2. The van der Waals surface area contributed by atoms with Gasteiger partial charge in [0.15, 0.2) is 5.76 Å². The summed E-state index contributed by atoms with van der Waals surface area (Å²) in [5.74, 6) is 1.16. The number of halogens is 2. The van der Waals surface area contributed by atoms with Crippen LogP contribution >= 0.6 is 15.9 Å². The Bertz CT molecular complexity index is 1090. The number of ether oxygens (including phenoxy) is 1. The van der Waals surface area contributed by atoms with Crippen molar-refractivity contribution in [3.63, 3.8) is 0 Å². The lowest BCUT2D eigenvalue weighted by Crippen LogP contribution is -1.91. The van der Waals surface area contributed by atoms with Gasteiger partial charge in [0.1, 0.15) is 23.0 Å². The van der Waals surface area contributed by atoms with Crippen molar-refractivity contribution in [3.05, 3.63) is 88.6 Å². The number of para-hydroxylation sites is 1.